The normalized spacial score (nSPS) is 17.3. The molecule has 0 spiro atoms. The van der Waals surface area contributed by atoms with E-state index < -0.39 is 23.2 Å². The number of unbranched alkanes of at least 4 members (excludes halogenated alkanes) is 1. The number of halogens is 3. The van der Waals surface area contributed by atoms with Gasteiger partial charge in [0.25, 0.3) is 0 Å². The van der Waals surface area contributed by atoms with Crippen LogP contribution in [0, 0.1) is 17.2 Å². The molecule has 8 heteroatoms. The van der Waals surface area contributed by atoms with Crippen molar-refractivity contribution in [2.45, 2.75) is 76.6 Å². The molecule has 37 heavy (non-hydrogen) atoms. The Hall–Kier alpha value is -3.34. The van der Waals surface area contributed by atoms with Crippen LogP contribution in [0.4, 0.5) is 13.2 Å². The first kappa shape index (κ1) is 28.2. The van der Waals surface area contributed by atoms with Crippen molar-refractivity contribution in [3.63, 3.8) is 0 Å². The fraction of sp³-hybridized carbons (Fsp3) is 0.483. The third-order valence-electron chi connectivity index (χ3n) is 7.31. The molecule has 5 nitrogen and oxygen atoms in total. The van der Waals surface area contributed by atoms with Crippen molar-refractivity contribution in [3.8, 4) is 6.07 Å². The summed E-state index contributed by atoms with van der Waals surface area (Å²) in [6, 6.07) is 16.4. The lowest BCUT2D eigenvalue weighted by Crippen LogP contribution is -2.45. The molecule has 1 aliphatic rings. The molecule has 0 unspecified atom stereocenters. The average Bonchev–Trinajstić information content (AvgIpc) is 3.38. The van der Waals surface area contributed by atoms with Crippen LogP contribution in [0.3, 0.4) is 0 Å². The van der Waals surface area contributed by atoms with Crippen molar-refractivity contribution in [3.05, 3.63) is 71.3 Å². The fourth-order valence-electron chi connectivity index (χ4n) is 5.03. The quantitative estimate of drug-likeness (QED) is 0.397. The van der Waals surface area contributed by atoms with E-state index in [1.165, 1.54) is 12.1 Å². The summed E-state index contributed by atoms with van der Waals surface area (Å²) in [7, 11) is 0. The smallest absolute Gasteiger partial charge is 0.350 e. The number of nitriles is 1. The number of hydrogen-bond donors (Lipinski definition) is 1. The van der Waals surface area contributed by atoms with Gasteiger partial charge in [-0.3, -0.25) is 9.59 Å². The summed E-state index contributed by atoms with van der Waals surface area (Å²) in [6.07, 6.45) is -0.832. The number of rotatable bonds is 10. The molecule has 2 aromatic rings. The van der Waals surface area contributed by atoms with Gasteiger partial charge in [-0.1, -0.05) is 62.7 Å². The highest BCUT2D eigenvalue weighted by atomic mass is 19.4. The molecule has 1 heterocycles. The second-order valence-corrected chi connectivity index (χ2v) is 9.97. The predicted octanol–water partition coefficient (Wildman–Crippen LogP) is 5.99. The second kappa shape index (κ2) is 12.3. The standard InChI is InChI=1S/C29H34F3N3O2/c1-21(2)28(20-33,23-9-4-3-5-10-23)17-7-6-12-26(36)35-18-8-11-25(35)27(37)34-19-22-13-15-24(16-14-22)29(30,31)32/h3-5,9-10,13-16,21,25H,6-8,11-12,17-19H2,1-2H3,(H,34,37)/t25-,28+/m1/s1. The molecule has 1 saturated heterocycles. The fourth-order valence-corrected chi connectivity index (χ4v) is 5.03. The number of nitrogens with one attached hydrogen (secondary N) is 1. The van der Waals surface area contributed by atoms with Gasteiger partial charge in [-0.15, -0.1) is 0 Å². The van der Waals surface area contributed by atoms with Gasteiger partial charge in [-0.05, 0) is 54.9 Å². The Bertz CT molecular complexity index is 1090. The minimum absolute atomic E-state index is 0.0843. The number of likely N-dealkylation sites (tertiary alicyclic amines) is 1. The maximum Gasteiger partial charge on any atom is 0.416 e. The maximum atomic E-state index is 12.9. The third-order valence-corrected chi connectivity index (χ3v) is 7.31. The molecule has 0 saturated carbocycles. The Morgan fingerprint density at radius 1 is 1.05 bits per heavy atom. The third kappa shape index (κ3) is 6.91. The van der Waals surface area contributed by atoms with Gasteiger partial charge in [-0.2, -0.15) is 18.4 Å². The highest BCUT2D eigenvalue weighted by molar-refractivity contribution is 5.88. The Morgan fingerprint density at radius 2 is 1.73 bits per heavy atom. The molecular formula is C29H34F3N3O2. The molecule has 0 radical (unpaired) electrons. The number of nitrogens with zero attached hydrogens (tertiary/aromatic N) is 2. The molecule has 1 aliphatic heterocycles. The lowest BCUT2D eigenvalue weighted by molar-refractivity contribution is -0.138. The van der Waals surface area contributed by atoms with Crippen LogP contribution >= 0.6 is 0 Å². The van der Waals surface area contributed by atoms with Crippen molar-refractivity contribution < 1.29 is 22.8 Å². The number of hydrogen-bond acceptors (Lipinski definition) is 3. The van der Waals surface area contributed by atoms with E-state index >= 15 is 0 Å². The monoisotopic (exact) mass is 513 g/mol. The van der Waals surface area contributed by atoms with Crippen LogP contribution < -0.4 is 5.32 Å². The second-order valence-electron chi connectivity index (χ2n) is 9.97. The Labute approximate surface area is 216 Å². The first-order valence-electron chi connectivity index (χ1n) is 12.8. The summed E-state index contributed by atoms with van der Waals surface area (Å²) >= 11 is 0. The van der Waals surface area contributed by atoms with E-state index in [0.29, 0.717) is 44.2 Å². The first-order valence-corrected chi connectivity index (χ1v) is 12.8. The van der Waals surface area contributed by atoms with Gasteiger partial charge in [0.2, 0.25) is 11.8 Å². The van der Waals surface area contributed by atoms with Crippen molar-refractivity contribution >= 4 is 11.8 Å². The molecule has 198 valence electrons. The van der Waals surface area contributed by atoms with E-state index in [0.717, 1.165) is 24.1 Å². The summed E-state index contributed by atoms with van der Waals surface area (Å²) in [5, 5.41) is 12.8. The SMILES string of the molecule is CC(C)[C@@](C#N)(CCCCC(=O)N1CCC[C@@H]1C(=O)NCc1ccc(C(F)(F)F)cc1)c1ccccc1. The topological polar surface area (TPSA) is 73.2 Å². The van der Waals surface area contributed by atoms with Crippen LogP contribution in [0.15, 0.2) is 54.6 Å². The lowest BCUT2D eigenvalue weighted by Gasteiger charge is -2.31. The Kier molecular flexibility index (Phi) is 9.36. The zero-order chi connectivity index (χ0) is 27.1. The minimum Gasteiger partial charge on any atom is -0.350 e. The molecular weight excluding hydrogens is 479 g/mol. The molecule has 2 atom stereocenters. The van der Waals surface area contributed by atoms with Crippen LogP contribution in [0.1, 0.15) is 69.1 Å². The summed E-state index contributed by atoms with van der Waals surface area (Å²) in [4.78, 5) is 27.3. The van der Waals surface area contributed by atoms with Gasteiger partial charge in [0.1, 0.15) is 6.04 Å². The van der Waals surface area contributed by atoms with Crippen molar-refractivity contribution in [2.24, 2.45) is 5.92 Å². The number of amides is 2. The van der Waals surface area contributed by atoms with Gasteiger partial charge in [0.05, 0.1) is 17.0 Å². The molecule has 1 N–H and O–H groups in total. The van der Waals surface area contributed by atoms with Gasteiger partial charge >= 0.3 is 6.18 Å². The summed E-state index contributed by atoms with van der Waals surface area (Å²) in [5.41, 5.74) is 0.197. The molecule has 0 aromatic heterocycles. The van der Waals surface area contributed by atoms with Gasteiger partial charge in [0, 0.05) is 19.5 Å². The average molecular weight is 514 g/mol. The van der Waals surface area contributed by atoms with E-state index in [2.05, 4.69) is 11.4 Å². The molecule has 2 aromatic carbocycles. The van der Waals surface area contributed by atoms with E-state index in [-0.39, 0.29) is 24.3 Å². The number of carbonyl (C=O) groups excluding carboxylic acids is 2. The summed E-state index contributed by atoms with van der Waals surface area (Å²) in [5.74, 6) is -0.260. The molecule has 3 rings (SSSR count). The summed E-state index contributed by atoms with van der Waals surface area (Å²) in [6.45, 7) is 4.69. The van der Waals surface area contributed by atoms with E-state index in [1.807, 2.05) is 44.2 Å². The van der Waals surface area contributed by atoms with Gasteiger partial charge in [-0.25, -0.2) is 0 Å². The molecule has 0 aliphatic carbocycles. The van der Waals surface area contributed by atoms with Crippen molar-refractivity contribution in [1.82, 2.24) is 10.2 Å². The van der Waals surface area contributed by atoms with Crippen molar-refractivity contribution in [2.75, 3.05) is 6.54 Å². The van der Waals surface area contributed by atoms with Crippen LogP contribution in [-0.2, 0) is 27.7 Å². The summed E-state index contributed by atoms with van der Waals surface area (Å²) < 4.78 is 38.2. The first-order chi connectivity index (χ1) is 17.6. The van der Waals surface area contributed by atoms with E-state index in [9.17, 15) is 28.0 Å². The molecule has 2 amide bonds. The largest absolute Gasteiger partial charge is 0.416 e. The van der Waals surface area contributed by atoms with E-state index in [4.69, 9.17) is 0 Å². The van der Waals surface area contributed by atoms with Crippen LogP contribution in [0.2, 0.25) is 0 Å². The van der Waals surface area contributed by atoms with Crippen LogP contribution in [0.25, 0.3) is 0 Å². The molecule has 1 fully saturated rings. The van der Waals surface area contributed by atoms with E-state index in [1.54, 1.807) is 4.90 Å². The van der Waals surface area contributed by atoms with Crippen LogP contribution in [-0.4, -0.2) is 29.3 Å². The zero-order valence-corrected chi connectivity index (χ0v) is 21.4. The zero-order valence-electron chi connectivity index (χ0n) is 21.4. The highest BCUT2D eigenvalue weighted by Crippen LogP contribution is 2.37. The van der Waals surface area contributed by atoms with Gasteiger partial charge in [0.15, 0.2) is 0 Å². The van der Waals surface area contributed by atoms with Crippen LogP contribution in [0.5, 0.6) is 0 Å². The number of alkyl halides is 3. The lowest BCUT2D eigenvalue weighted by atomic mass is 9.69. The molecule has 0 bridgehead atoms. The number of benzene rings is 2. The minimum atomic E-state index is -4.40. The van der Waals surface area contributed by atoms with Gasteiger partial charge < -0.3 is 10.2 Å². The predicted molar refractivity (Wildman–Crippen MR) is 135 cm³/mol. The Morgan fingerprint density at radius 3 is 2.32 bits per heavy atom. The Balaban J connectivity index is 1.51. The highest BCUT2D eigenvalue weighted by Gasteiger charge is 2.36. The number of carbonyl (C=O) groups is 2. The van der Waals surface area contributed by atoms with Crippen molar-refractivity contribution in [1.29, 1.82) is 5.26 Å². The maximum absolute atomic E-state index is 12.9.